The number of anilines is 1. The number of carbonyl (C=O) groups excluding carboxylic acids is 1. The quantitative estimate of drug-likeness (QED) is 0.863. The molecular weight excluding hydrogens is 267 g/mol. The van der Waals surface area contributed by atoms with Crippen molar-refractivity contribution in [2.45, 2.75) is 13.5 Å². The van der Waals surface area contributed by atoms with Crippen LogP contribution in [0, 0.1) is 12.7 Å². The van der Waals surface area contributed by atoms with Crippen molar-refractivity contribution in [1.82, 2.24) is 0 Å². The lowest BCUT2D eigenvalue weighted by Gasteiger charge is -2.14. The van der Waals surface area contributed by atoms with Crippen LogP contribution in [0.1, 0.15) is 11.1 Å². The number of benzene rings is 2. The molecule has 2 rings (SSSR count). The van der Waals surface area contributed by atoms with E-state index in [1.165, 1.54) is 11.6 Å². The lowest BCUT2D eigenvalue weighted by Crippen LogP contribution is -3.08. The Balaban J connectivity index is 1.89. The fraction of sp³-hybridized carbons (Fsp3) is 0.235. The molecule has 1 amide bonds. The number of rotatable bonds is 5. The standard InChI is InChI=1S/C17H19FN2O/c1-13-8-9-16(15(18)10-13)19-17(21)12-20(2)11-14-6-4-3-5-7-14/h3-10H,11-12H2,1-2H3,(H,19,21)/p+1. The zero-order valence-corrected chi connectivity index (χ0v) is 12.3. The number of halogens is 1. The predicted molar refractivity (Wildman–Crippen MR) is 81.7 cm³/mol. The maximum Gasteiger partial charge on any atom is 0.279 e. The summed E-state index contributed by atoms with van der Waals surface area (Å²) in [5.41, 5.74) is 2.24. The summed E-state index contributed by atoms with van der Waals surface area (Å²) < 4.78 is 13.7. The van der Waals surface area contributed by atoms with Gasteiger partial charge in [0.05, 0.1) is 12.7 Å². The highest BCUT2D eigenvalue weighted by molar-refractivity contribution is 5.91. The summed E-state index contributed by atoms with van der Waals surface area (Å²) in [6.07, 6.45) is 0. The average Bonchev–Trinajstić information content (AvgIpc) is 2.43. The van der Waals surface area contributed by atoms with Crippen molar-refractivity contribution < 1.29 is 14.1 Å². The van der Waals surface area contributed by atoms with E-state index in [1.54, 1.807) is 12.1 Å². The van der Waals surface area contributed by atoms with Gasteiger partial charge in [-0.3, -0.25) is 4.79 Å². The number of quaternary nitrogens is 1. The first-order valence-corrected chi connectivity index (χ1v) is 6.96. The predicted octanol–water partition coefficient (Wildman–Crippen LogP) is 1.79. The van der Waals surface area contributed by atoms with E-state index in [2.05, 4.69) is 5.32 Å². The molecular formula is C17H20FN2O+. The van der Waals surface area contributed by atoms with Crippen molar-refractivity contribution in [3.63, 3.8) is 0 Å². The Morgan fingerprint density at radius 1 is 1.19 bits per heavy atom. The molecule has 4 heteroatoms. The Kier molecular flexibility index (Phi) is 5.06. The number of hydrogen-bond acceptors (Lipinski definition) is 1. The molecule has 0 aliphatic carbocycles. The van der Waals surface area contributed by atoms with E-state index in [9.17, 15) is 9.18 Å². The number of likely N-dealkylation sites (N-methyl/N-ethyl adjacent to an activating group) is 1. The number of hydrogen-bond donors (Lipinski definition) is 2. The lowest BCUT2D eigenvalue weighted by molar-refractivity contribution is -0.885. The van der Waals surface area contributed by atoms with Gasteiger partial charge in [-0.25, -0.2) is 4.39 Å². The van der Waals surface area contributed by atoms with Gasteiger partial charge < -0.3 is 10.2 Å². The summed E-state index contributed by atoms with van der Waals surface area (Å²) in [4.78, 5) is 13.0. The first-order chi connectivity index (χ1) is 10.0. The molecule has 21 heavy (non-hydrogen) atoms. The molecule has 2 aromatic rings. The third-order valence-electron chi connectivity index (χ3n) is 3.21. The highest BCUT2D eigenvalue weighted by atomic mass is 19.1. The van der Waals surface area contributed by atoms with E-state index in [4.69, 9.17) is 0 Å². The van der Waals surface area contributed by atoms with E-state index in [-0.39, 0.29) is 11.6 Å². The average molecular weight is 287 g/mol. The summed E-state index contributed by atoms with van der Waals surface area (Å²) in [6, 6.07) is 14.8. The maximum atomic E-state index is 13.7. The van der Waals surface area contributed by atoms with Crippen molar-refractivity contribution in [2.24, 2.45) is 0 Å². The van der Waals surface area contributed by atoms with Crippen LogP contribution in [0.15, 0.2) is 48.5 Å². The minimum atomic E-state index is -0.399. The van der Waals surface area contributed by atoms with E-state index >= 15 is 0 Å². The molecule has 0 aromatic heterocycles. The zero-order chi connectivity index (χ0) is 15.2. The van der Waals surface area contributed by atoms with Crippen molar-refractivity contribution in [3.05, 3.63) is 65.5 Å². The molecule has 2 aromatic carbocycles. The molecule has 110 valence electrons. The van der Waals surface area contributed by atoms with Crippen LogP contribution in [0.4, 0.5) is 10.1 Å². The van der Waals surface area contributed by atoms with Crippen molar-refractivity contribution in [2.75, 3.05) is 18.9 Å². The third-order valence-corrected chi connectivity index (χ3v) is 3.21. The molecule has 3 nitrogen and oxygen atoms in total. The van der Waals surface area contributed by atoms with E-state index in [1.807, 2.05) is 44.3 Å². The molecule has 2 N–H and O–H groups in total. The molecule has 0 bridgehead atoms. The summed E-state index contributed by atoms with van der Waals surface area (Å²) in [5.74, 6) is -0.588. The van der Waals surface area contributed by atoms with Crippen molar-refractivity contribution in [1.29, 1.82) is 0 Å². The number of aryl methyl sites for hydroxylation is 1. The van der Waals surface area contributed by atoms with E-state index < -0.39 is 5.82 Å². The van der Waals surface area contributed by atoms with Crippen LogP contribution in [0.3, 0.4) is 0 Å². The molecule has 0 heterocycles. The second kappa shape index (κ2) is 6.99. The summed E-state index contributed by atoms with van der Waals surface area (Å²) >= 11 is 0. The van der Waals surface area contributed by atoms with Crippen LogP contribution in [0.25, 0.3) is 0 Å². The van der Waals surface area contributed by atoms with Crippen LogP contribution in [-0.4, -0.2) is 19.5 Å². The third kappa shape index (κ3) is 4.68. The fourth-order valence-electron chi connectivity index (χ4n) is 2.20. The van der Waals surface area contributed by atoms with Gasteiger partial charge in [0.1, 0.15) is 12.4 Å². The first kappa shape index (κ1) is 15.2. The van der Waals surface area contributed by atoms with Gasteiger partial charge in [0.15, 0.2) is 6.54 Å². The van der Waals surface area contributed by atoms with Gasteiger partial charge >= 0.3 is 0 Å². The largest absolute Gasteiger partial charge is 0.326 e. The second-order valence-electron chi connectivity index (χ2n) is 5.33. The van der Waals surface area contributed by atoms with Crippen LogP contribution in [0.5, 0.6) is 0 Å². The minimum Gasteiger partial charge on any atom is -0.326 e. The van der Waals surface area contributed by atoms with Crippen LogP contribution in [-0.2, 0) is 11.3 Å². The van der Waals surface area contributed by atoms with Crippen molar-refractivity contribution >= 4 is 11.6 Å². The molecule has 0 aliphatic heterocycles. The normalized spacial score (nSPS) is 12.0. The molecule has 1 atom stereocenters. The SMILES string of the molecule is Cc1ccc(NC(=O)C[NH+](C)Cc2ccccc2)c(F)c1. The van der Waals surface area contributed by atoms with Gasteiger partial charge in [-0.15, -0.1) is 0 Å². The number of amides is 1. The molecule has 1 unspecified atom stereocenters. The second-order valence-corrected chi connectivity index (χ2v) is 5.33. The maximum absolute atomic E-state index is 13.7. The van der Waals surface area contributed by atoms with Gasteiger partial charge in [0, 0.05) is 5.56 Å². The highest BCUT2D eigenvalue weighted by Crippen LogP contribution is 2.14. The van der Waals surface area contributed by atoms with Gasteiger partial charge in [0.25, 0.3) is 5.91 Å². The molecule has 0 radical (unpaired) electrons. The minimum absolute atomic E-state index is 0.189. The summed E-state index contributed by atoms with van der Waals surface area (Å²) in [7, 11) is 1.94. The summed E-state index contributed by atoms with van der Waals surface area (Å²) in [6.45, 7) is 2.86. The van der Waals surface area contributed by atoms with Crippen LogP contribution in [0.2, 0.25) is 0 Å². The number of carbonyl (C=O) groups is 1. The van der Waals surface area contributed by atoms with Crippen molar-refractivity contribution in [3.8, 4) is 0 Å². The Hall–Kier alpha value is -2.20. The first-order valence-electron chi connectivity index (χ1n) is 6.96. The summed E-state index contributed by atoms with van der Waals surface area (Å²) in [5, 5.41) is 2.62. The topological polar surface area (TPSA) is 33.5 Å². The Morgan fingerprint density at radius 2 is 1.90 bits per heavy atom. The Bertz CT molecular complexity index is 613. The van der Waals surface area contributed by atoms with Gasteiger partial charge in [-0.1, -0.05) is 36.4 Å². The van der Waals surface area contributed by atoms with E-state index in [0.29, 0.717) is 6.54 Å². The highest BCUT2D eigenvalue weighted by Gasteiger charge is 2.12. The zero-order valence-electron chi connectivity index (χ0n) is 12.3. The van der Waals surface area contributed by atoms with E-state index in [0.717, 1.165) is 17.0 Å². The fourth-order valence-corrected chi connectivity index (χ4v) is 2.20. The molecule has 0 aliphatic rings. The lowest BCUT2D eigenvalue weighted by atomic mass is 10.2. The Morgan fingerprint density at radius 3 is 2.57 bits per heavy atom. The monoisotopic (exact) mass is 287 g/mol. The van der Waals surface area contributed by atoms with Crippen LogP contribution < -0.4 is 10.2 Å². The smallest absolute Gasteiger partial charge is 0.279 e. The Labute approximate surface area is 124 Å². The number of nitrogens with one attached hydrogen (secondary N) is 2. The molecule has 0 fully saturated rings. The molecule has 0 spiro atoms. The van der Waals surface area contributed by atoms with Gasteiger partial charge in [-0.05, 0) is 24.6 Å². The molecule has 0 saturated carbocycles. The van der Waals surface area contributed by atoms with Gasteiger partial charge in [0.2, 0.25) is 0 Å². The van der Waals surface area contributed by atoms with Crippen LogP contribution >= 0.6 is 0 Å². The molecule has 0 saturated heterocycles. The van der Waals surface area contributed by atoms with Gasteiger partial charge in [-0.2, -0.15) is 0 Å².